The molecular formula is C35H43ClN2O6S. The summed E-state index contributed by atoms with van der Waals surface area (Å²) >= 11 is 6.34. The second kappa shape index (κ2) is 12.1. The van der Waals surface area contributed by atoms with E-state index in [1.165, 1.54) is 6.42 Å². The van der Waals surface area contributed by atoms with Crippen LogP contribution in [0.2, 0.25) is 5.02 Å². The number of carbonyl (C=O) groups is 1. The predicted octanol–water partition coefficient (Wildman–Crippen LogP) is 6.14. The number of ether oxygens (including phenoxy) is 2. The molecule has 2 fully saturated rings. The van der Waals surface area contributed by atoms with Crippen molar-refractivity contribution < 1.29 is 27.8 Å². The fourth-order valence-corrected chi connectivity index (χ4v) is 10.0. The molecule has 0 radical (unpaired) electrons. The Hall–Kier alpha value is -2.75. The molecule has 3 aliphatic heterocycles. The molecule has 1 saturated heterocycles. The number of amides is 1. The van der Waals surface area contributed by atoms with Crippen LogP contribution in [0, 0.1) is 17.8 Å². The van der Waals surface area contributed by atoms with Crippen LogP contribution in [0.3, 0.4) is 0 Å². The van der Waals surface area contributed by atoms with Gasteiger partial charge in [-0.2, -0.15) is 0 Å². The topological polar surface area (TPSA) is 105 Å². The number of benzene rings is 2. The van der Waals surface area contributed by atoms with Gasteiger partial charge in [0.15, 0.2) is 0 Å². The molecule has 1 spiro atoms. The number of allylic oxidation sites excluding steroid dienone is 2. The number of hydrogen-bond donors (Lipinski definition) is 2. The van der Waals surface area contributed by atoms with Crippen LogP contribution < -0.4 is 14.4 Å². The maximum absolute atomic E-state index is 13.7. The molecule has 2 aromatic rings. The van der Waals surface area contributed by atoms with Crippen molar-refractivity contribution in [2.24, 2.45) is 17.8 Å². The number of phenolic OH excluding ortho intramolecular Hbond substituents is 1. The summed E-state index contributed by atoms with van der Waals surface area (Å²) in [6, 6.07) is 8.97. The maximum Gasteiger partial charge on any atom is 0.264 e. The van der Waals surface area contributed by atoms with E-state index >= 15 is 0 Å². The Bertz CT molecular complexity index is 1610. The number of carbonyl (C=O) groups excluding carboxylic acids is 1. The lowest BCUT2D eigenvalue weighted by Crippen LogP contribution is -2.48. The monoisotopic (exact) mass is 654 g/mol. The first-order chi connectivity index (χ1) is 21.6. The van der Waals surface area contributed by atoms with E-state index in [2.05, 4.69) is 21.8 Å². The number of aryl methyl sites for hydroxylation is 1. The van der Waals surface area contributed by atoms with Gasteiger partial charge in [-0.05, 0) is 117 Å². The van der Waals surface area contributed by atoms with E-state index in [-0.39, 0.29) is 23.2 Å². The molecule has 10 heteroatoms. The third-order valence-corrected chi connectivity index (χ3v) is 13.3. The SMILES string of the molecule is C[C@H]1C/C=C\C[C@H]2CC[C@H]2CN2C[C@@]3(CCCc4cc(Cl)c(O)cc43)COc3ccc(cc32)C(=O)NS(=O)(=O)[C@H]1C[C@H]1CCO1. The van der Waals surface area contributed by atoms with Crippen molar-refractivity contribution in [2.75, 3.05) is 31.2 Å². The number of nitrogens with one attached hydrogen (secondary N) is 1. The molecule has 0 aromatic heterocycles. The normalized spacial score (nSPS) is 33.3. The lowest BCUT2D eigenvalue weighted by atomic mass is 9.69. The van der Waals surface area contributed by atoms with Crippen LogP contribution in [-0.2, 0) is 26.6 Å². The molecule has 1 amide bonds. The molecule has 1 saturated carbocycles. The fourth-order valence-electron chi connectivity index (χ4n) is 8.14. The van der Waals surface area contributed by atoms with Gasteiger partial charge in [-0.25, -0.2) is 13.1 Å². The Kier molecular flexibility index (Phi) is 8.32. The highest BCUT2D eigenvalue weighted by Crippen LogP contribution is 2.48. The van der Waals surface area contributed by atoms with Crippen molar-refractivity contribution in [3.05, 3.63) is 64.2 Å². The summed E-state index contributed by atoms with van der Waals surface area (Å²) in [5.74, 6) is 1.00. The molecule has 0 unspecified atom stereocenters. The van der Waals surface area contributed by atoms with Gasteiger partial charge in [-0.1, -0.05) is 30.7 Å². The molecule has 45 heavy (non-hydrogen) atoms. The zero-order valence-corrected chi connectivity index (χ0v) is 27.4. The minimum Gasteiger partial charge on any atom is -0.506 e. The first-order valence-electron chi connectivity index (χ1n) is 16.5. The number of hydrogen-bond acceptors (Lipinski definition) is 7. The van der Waals surface area contributed by atoms with E-state index in [0.717, 1.165) is 61.9 Å². The van der Waals surface area contributed by atoms with Crippen LogP contribution in [0.25, 0.3) is 0 Å². The minimum atomic E-state index is -3.98. The Morgan fingerprint density at radius 2 is 1.91 bits per heavy atom. The highest BCUT2D eigenvalue weighted by Gasteiger charge is 2.44. The lowest BCUT2D eigenvalue weighted by molar-refractivity contribution is -0.0563. The van der Waals surface area contributed by atoms with E-state index in [1.807, 2.05) is 19.1 Å². The average Bonchev–Trinajstić information content (AvgIpc) is 3.11. The Labute approximate surface area is 271 Å². The summed E-state index contributed by atoms with van der Waals surface area (Å²) in [4.78, 5) is 16.0. The fraction of sp³-hybridized carbons (Fsp3) is 0.571. The summed E-state index contributed by atoms with van der Waals surface area (Å²) in [6.45, 7) is 4.52. The van der Waals surface area contributed by atoms with Gasteiger partial charge in [-0.15, -0.1) is 0 Å². The Balaban J connectivity index is 1.26. The summed E-state index contributed by atoms with van der Waals surface area (Å²) in [7, 11) is -3.98. The number of halogens is 1. The molecule has 5 aliphatic rings. The average molecular weight is 655 g/mol. The molecule has 2 aliphatic carbocycles. The van der Waals surface area contributed by atoms with Crippen LogP contribution >= 0.6 is 11.6 Å². The van der Waals surface area contributed by atoms with Gasteiger partial charge in [0.1, 0.15) is 11.5 Å². The smallest absolute Gasteiger partial charge is 0.264 e. The van der Waals surface area contributed by atoms with E-state index in [9.17, 15) is 18.3 Å². The number of sulfonamides is 1. The summed E-state index contributed by atoms with van der Waals surface area (Å²) in [5.41, 5.74) is 2.94. The molecule has 2 N–H and O–H groups in total. The van der Waals surface area contributed by atoms with Crippen molar-refractivity contribution in [2.45, 2.75) is 81.5 Å². The third-order valence-electron chi connectivity index (χ3n) is 11.1. The molecule has 2 bridgehead atoms. The van der Waals surface area contributed by atoms with Crippen molar-refractivity contribution in [3.8, 4) is 11.5 Å². The van der Waals surface area contributed by atoms with Crippen LogP contribution in [0.1, 0.15) is 79.8 Å². The molecular weight excluding hydrogens is 612 g/mol. The van der Waals surface area contributed by atoms with Gasteiger partial charge in [0.05, 0.1) is 28.7 Å². The van der Waals surface area contributed by atoms with E-state index in [1.54, 1.807) is 18.2 Å². The van der Waals surface area contributed by atoms with Crippen LogP contribution in [-0.4, -0.2) is 57.1 Å². The van der Waals surface area contributed by atoms with Crippen molar-refractivity contribution in [1.29, 1.82) is 0 Å². The molecule has 7 rings (SSSR count). The van der Waals surface area contributed by atoms with Crippen LogP contribution in [0.4, 0.5) is 5.69 Å². The first kappa shape index (κ1) is 30.9. The minimum absolute atomic E-state index is 0.0777. The molecule has 242 valence electrons. The number of nitrogens with zero attached hydrogens (tertiary/aromatic N) is 1. The molecule has 2 aromatic carbocycles. The van der Waals surface area contributed by atoms with Crippen LogP contribution in [0.15, 0.2) is 42.5 Å². The Morgan fingerprint density at radius 1 is 1.11 bits per heavy atom. The van der Waals surface area contributed by atoms with Gasteiger partial charge in [-0.3, -0.25) is 4.79 Å². The predicted molar refractivity (Wildman–Crippen MR) is 175 cm³/mol. The number of anilines is 1. The number of fused-ring (bicyclic) bond motifs is 4. The highest BCUT2D eigenvalue weighted by atomic mass is 35.5. The zero-order valence-electron chi connectivity index (χ0n) is 25.8. The van der Waals surface area contributed by atoms with Gasteiger partial charge >= 0.3 is 0 Å². The zero-order chi connectivity index (χ0) is 31.3. The number of phenols is 1. The van der Waals surface area contributed by atoms with E-state index < -0.39 is 21.2 Å². The van der Waals surface area contributed by atoms with Crippen molar-refractivity contribution >= 4 is 33.2 Å². The summed E-state index contributed by atoms with van der Waals surface area (Å²) in [6.07, 6.45) is 12.2. The van der Waals surface area contributed by atoms with Crippen LogP contribution in [0.5, 0.6) is 11.5 Å². The Morgan fingerprint density at radius 3 is 2.67 bits per heavy atom. The summed E-state index contributed by atoms with van der Waals surface area (Å²) in [5, 5.41) is 10.3. The second-order valence-corrected chi connectivity index (χ2v) is 16.3. The first-order valence-corrected chi connectivity index (χ1v) is 18.4. The molecule has 8 nitrogen and oxygen atoms in total. The largest absolute Gasteiger partial charge is 0.506 e. The molecule has 6 atom stereocenters. The van der Waals surface area contributed by atoms with E-state index in [0.29, 0.717) is 60.8 Å². The standard InChI is InChI=1S/C35H43ClN2O6S/c1-22-5-2-3-6-23-8-9-26(23)19-38-20-35(13-4-7-24-15-29(36)31(39)18-28(24)35)21-44-32-11-10-25(16-30(32)38)34(40)37-45(41,42)33(22)17-27-12-14-43-27/h2-3,10-11,15-16,18,22-23,26-27,33,39H,4-9,12-14,17,19-21H2,1H3,(H,37,40)/b3-2-/t22-,23-,26-,27+,33-,35-/m0/s1. The number of aromatic hydroxyl groups is 1. The van der Waals surface area contributed by atoms with Gasteiger partial charge in [0.2, 0.25) is 10.0 Å². The van der Waals surface area contributed by atoms with Crippen molar-refractivity contribution in [1.82, 2.24) is 4.72 Å². The van der Waals surface area contributed by atoms with Gasteiger partial charge in [0.25, 0.3) is 5.91 Å². The third kappa shape index (κ3) is 5.96. The maximum atomic E-state index is 13.7. The van der Waals surface area contributed by atoms with E-state index in [4.69, 9.17) is 21.1 Å². The van der Waals surface area contributed by atoms with Crippen molar-refractivity contribution in [3.63, 3.8) is 0 Å². The van der Waals surface area contributed by atoms with Gasteiger partial charge < -0.3 is 19.5 Å². The van der Waals surface area contributed by atoms with Gasteiger partial charge in [0, 0.05) is 30.7 Å². The summed E-state index contributed by atoms with van der Waals surface area (Å²) < 4.78 is 42.1. The highest BCUT2D eigenvalue weighted by molar-refractivity contribution is 7.90. The second-order valence-electron chi connectivity index (χ2n) is 14.0. The quantitative estimate of drug-likeness (QED) is 0.375. The number of rotatable bonds is 2. The molecule has 3 heterocycles. The lowest BCUT2D eigenvalue weighted by Gasteiger charge is -2.44.